The molecule has 3 aromatic rings. The number of para-hydroxylation sites is 1. The number of benzene rings is 2. The highest BCUT2D eigenvalue weighted by molar-refractivity contribution is 14.0. The van der Waals surface area contributed by atoms with Crippen molar-refractivity contribution in [2.75, 3.05) is 11.9 Å². The summed E-state index contributed by atoms with van der Waals surface area (Å²) in [6, 6.07) is 18.5. The molecule has 0 spiro atoms. The van der Waals surface area contributed by atoms with Gasteiger partial charge in [-0.1, -0.05) is 60.1 Å². The number of aryl methyl sites for hydroxylation is 3. The first kappa shape index (κ1) is 22.9. The number of aliphatic imine (C=N–C) groups is 1. The number of nitrogens with zero attached hydrogens (tertiary/aromatic N) is 2. The Morgan fingerprint density at radius 3 is 2.34 bits per heavy atom. The molecule has 0 aliphatic rings. The fourth-order valence-corrected chi connectivity index (χ4v) is 3.21. The zero-order valence-corrected chi connectivity index (χ0v) is 19.7. The summed E-state index contributed by atoms with van der Waals surface area (Å²) >= 11 is 0. The third-order valence-electron chi connectivity index (χ3n) is 4.73. The maximum atomic E-state index is 5.31. The minimum absolute atomic E-state index is 0. The van der Waals surface area contributed by atoms with E-state index >= 15 is 0 Å². The second-order valence-electron chi connectivity index (χ2n) is 7.16. The molecule has 0 aliphatic carbocycles. The molecule has 2 N–H and O–H groups in total. The lowest BCUT2D eigenvalue weighted by atomic mass is 10.00. The van der Waals surface area contributed by atoms with E-state index in [9.17, 15) is 0 Å². The molecule has 0 radical (unpaired) electrons. The van der Waals surface area contributed by atoms with Crippen molar-refractivity contribution in [1.29, 1.82) is 0 Å². The lowest BCUT2D eigenvalue weighted by Gasteiger charge is -2.17. The molecule has 0 bridgehead atoms. The molecule has 0 amide bonds. The fraction of sp³-hybridized carbons (Fsp3) is 0.304. The van der Waals surface area contributed by atoms with E-state index in [2.05, 4.69) is 53.9 Å². The van der Waals surface area contributed by atoms with Crippen LogP contribution in [-0.4, -0.2) is 17.7 Å². The van der Waals surface area contributed by atoms with Crippen molar-refractivity contribution >= 4 is 35.6 Å². The van der Waals surface area contributed by atoms with Crippen molar-refractivity contribution in [3.05, 3.63) is 82.7 Å². The van der Waals surface area contributed by atoms with Crippen LogP contribution in [0.15, 0.2) is 64.1 Å². The summed E-state index contributed by atoms with van der Waals surface area (Å²) in [4.78, 5) is 4.77. The summed E-state index contributed by atoms with van der Waals surface area (Å²) in [7, 11) is 0. The number of nitrogens with one attached hydrogen (secondary N) is 2. The highest BCUT2D eigenvalue weighted by atomic mass is 127. The zero-order valence-electron chi connectivity index (χ0n) is 17.4. The van der Waals surface area contributed by atoms with Crippen LogP contribution in [0.1, 0.15) is 41.0 Å². The maximum absolute atomic E-state index is 5.31. The topological polar surface area (TPSA) is 62.5 Å². The van der Waals surface area contributed by atoms with Crippen molar-refractivity contribution in [1.82, 2.24) is 10.5 Å². The molecular formula is C23H29IN4O. The van der Waals surface area contributed by atoms with Gasteiger partial charge in [0.05, 0.1) is 12.2 Å². The van der Waals surface area contributed by atoms with Crippen LogP contribution in [0.2, 0.25) is 0 Å². The average molecular weight is 504 g/mol. The molecule has 2 aromatic carbocycles. The molecule has 6 heteroatoms. The second kappa shape index (κ2) is 11.0. The van der Waals surface area contributed by atoms with Crippen LogP contribution in [0.25, 0.3) is 0 Å². The molecule has 1 unspecified atom stereocenters. The monoisotopic (exact) mass is 504 g/mol. The normalized spacial score (nSPS) is 12.2. The van der Waals surface area contributed by atoms with Crippen LogP contribution in [0, 0.1) is 20.8 Å². The van der Waals surface area contributed by atoms with E-state index in [0.717, 1.165) is 35.2 Å². The molecule has 154 valence electrons. The minimum atomic E-state index is 0. The summed E-state index contributed by atoms with van der Waals surface area (Å²) in [6.45, 7) is 9.54. The number of anilines is 1. The highest BCUT2D eigenvalue weighted by Crippen LogP contribution is 2.22. The predicted molar refractivity (Wildman–Crippen MR) is 130 cm³/mol. The van der Waals surface area contributed by atoms with Crippen LogP contribution >= 0.6 is 24.0 Å². The third kappa shape index (κ3) is 6.59. The molecule has 0 saturated heterocycles. The van der Waals surface area contributed by atoms with Crippen molar-refractivity contribution in [3.8, 4) is 0 Å². The highest BCUT2D eigenvalue weighted by Gasteiger charge is 2.16. The molecule has 1 atom stereocenters. The first-order valence-corrected chi connectivity index (χ1v) is 9.61. The van der Waals surface area contributed by atoms with Gasteiger partial charge in [0.2, 0.25) is 0 Å². The molecule has 0 aliphatic heterocycles. The van der Waals surface area contributed by atoms with Crippen LogP contribution < -0.4 is 10.6 Å². The van der Waals surface area contributed by atoms with E-state index < -0.39 is 0 Å². The van der Waals surface area contributed by atoms with Crippen molar-refractivity contribution in [2.24, 2.45) is 4.99 Å². The molecule has 1 aromatic heterocycles. The van der Waals surface area contributed by atoms with E-state index in [-0.39, 0.29) is 29.9 Å². The Labute approximate surface area is 190 Å². The number of hydrogen-bond donors (Lipinski definition) is 2. The Morgan fingerprint density at radius 1 is 1.03 bits per heavy atom. The van der Waals surface area contributed by atoms with Crippen molar-refractivity contribution in [2.45, 2.75) is 40.2 Å². The van der Waals surface area contributed by atoms with Crippen LogP contribution in [0.3, 0.4) is 0 Å². The zero-order chi connectivity index (χ0) is 19.9. The summed E-state index contributed by atoms with van der Waals surface area (Å²) in [5.74, 6) is 1.89. The predicted octanol–water partition coefficient (Wildman–Crippen LogP) is 5.58. The van der Waals surface area contributed by atoms with Gasteiger partial charge in [-0.05, 0) is 38.5 Å². The number of aromatic nitrogens is 1. The minimum Gasteiger partial charge on any atom is -0.361 e. The average Bonchev–Trinajstić information content (AvgIpc) is 3.04. The second-order valence-corrected chi connectivity index (χ2v) is 7.16. The van der Waals surface area contributed by atoms with Gasteiger partial charge in [-0.2, -0.15) is 0 Å². The molecular weight excluding hydrogens is 475 g/mol. The Balaban J connectivity index is 0.00000300. The number of rotatable bonds is 6. The molecule has 0 fully saturated rings. The molecule has 0 saturated carbocycles. The number of hydrogen-bond acceptors (Lipinski definition) is 3. The Bertz CT molecular complexity index is 900. The first-order chi connectivity index (χ1) is 13.5. The van der Waals surface area contributed by atoms with Gasteiger partial charge in [-0.15, -0.1) is 24.0 Å². The Morgan fingerprint density at radius 2 is 1.72 bits per heavy atom. The van der Waals surface area contributed by atoms with Gasteiger partial charge in [-0.3, -0.25) is 0 Å². The molecule has 1 heterocycles. The van der Waals surface area contributed by atoms with E-state index in [4.69, 9.17) is 9.52 Å². The number of halogens is 1. The van der Waals surface area contributed by atoms with Gasteiger partial charge < -0.3 is 15.2 Å². The van der Waals surface area contributed by atoms with Gasteiger partial charge in [0, 0.05) is 23.7 Å². The van der Waals surface area contributed by atoms with Gasteiger partial charge in [0.15, 0.2) is 5.96 Å². The quantitative estimate of drug-likeness (QED) is 0.262. The summed E-state index contributed by atoms with van der Waals surface area (Å²) in [5, 5.41) is 10.9. The third-order valence-corrected chi connectivity index (χ3v) is 4.73. The lowest BCUT2D eigenvalue weighted by molar-refractivity contribution is 0.391. The van der Waals surface area contributed by atoms with Crippen molar-refractivity contribution < 1.29 is 4.52 Å². The smallest absolute Gasteiger partial charge is 0.196 e. The van der Waals surface area contributed by atoms with E-state index in [1.807, 2.05) is 44.2 Å². The lowest BCUT2D eigenvalue weighted by Crippen LogP contribution is -2.33. The van der Waals surface area contributed by atoms with Crippen LogP contribution in [-0.2, 0) is 6.54 Å². The standard InChI is InChI=1S/C23H28N4O.HI/c1-16-10-12-20(13-11-16)15-25-23(26-21-8-6-5-7-9-21)24-14-17(2)22-18(3)27-28-19(22)4;/h5-13,17H,14-15H2,1-4H3,(H2,24,25,26);1H. The van der Waals surface area contributed by atoms with Gasteiger partial charge in [-0.25, -0.2) is 4.99 Å². The first-order valence-electron chi connectivity index (χ1n) is 9.61. The van der Waals surface area contributed by atoms with E-state index in [1.165, 1.54) is 11.1 Å². The SMILES string of the molecule is Cc1ccc(CN=C(NCC(C)c2c(C)noc2C)Nc2ccccc2)cc1.I. The Kier molecular flexibility index (Phi) is 8.70. The fourth-order valence-electron chi connectivity index (χ4n) is 3.21. The molecule has 29 heavy (non-hydrogen) atoms. The largest absolute Gasteiger partial charge is 0.361 e. The van der Waals surface area contributed by atoms with Crippen LogP contribution in [0.4, 0.5) is 5.69 Å². The van der Waals surface area contributed by atoms with Gasteiger partial charge in [0.1, 0.15) is 5.76 Å². The summed E-state index contributed by atoms with van der Waals surface area (Å²) < 4.78 is 5.31. The number of guanidine groups is 1. The van der Waals surface area contributed by atoms with Crippen LogP contribution in [0.5, 0.6) is 0 Å². The summed E-state index contributed by atoms with van der Waals surface area (Å²) in [5.41, 5.74) is 5.54. The molecule has 5 nitrogen and oxygen atoms in total. The van der Waals surface area contributed by atoms with Crippen molar-refractivity contribution in [3.63, 3.8) is 0 Å². The molecule has 3 rings (SSSR count). The van der Waals surface area contributed by atoms with Gasteiger partial charge in [0.25, 0.3) is 0 Å². The van der Waals surface area contributed by atoms with E-state index in [1.54, 1.807) is 0 Å². The van der Waals surface area contributed by atoms with E-state index in [0.29, 0.717) is 6.54 Å². The summed E-state index contributed by atoms with van der Waals surface area (Å²) in [6.07, 6.45) is 0. The van der Waals surface area contributed by atoms with Gasteiger partial charge >= 0.3 is 0 Å². The Hall–Kier alpha value is -2.35. The maximum Gasteiger partial charge on any atom is 0.196 e.